The fourth-order valence-electron chi connectivity index (χ4n) is 5.90. The second-order valence-electron chi connectivity index (χ2n) is 11.0. The summed E-state index contributed by atoms with van der Waals surface area (Å²) < 4.78 is 20.0. The molecule has 0 unspecified atom stereocenters. The molecule has 1 aliphatic heterocycles. The zero-order valence-electron chi connectivity index (χ0n) is 25.9. The Morgan fingerprint density at radius 2 is 1.76 bits per heavy atom. The molecule has 228 valence electrons. The summed E-state index contributed by atoms with van der Waals surface area (Å²) in [6, 6.07) is 24.9. The van der Waals surface area contributed by atoms with Crippen molar-refractivity contribution in [1.29, 1.82) is 0 Å². The van der Waals surface area contributed by atoms with Crippen LogP contribution in [0.1, 0.15) is 49.1 Å². The number of benzene rings is 4. The maximum absolute atomic E-state index is 14.2. The molecule has 1 aromatic heterocycles. The van der Waals surface area contributed by atoms with Gasteiger partial charge in [-0.1, -0.05) is 77.6 Å². The van der Waals surface area contributed by atoms with Crippen LogP contribution in [0, 0.1) is 6.92 Å². The Labute approximate surface area is 265 Å². The number of nitrogens with zero attached hydrogens (tertiary/aromatic N) is 2. The number of rotatable bonds is 9. The van der Waals surface area contributed by atoms with Gasteiger partial charge >= 0.3 is 0 Å². The Morgan fingerprint density at radius 1 is 0.956 bits per heavy atom. The van der Waals surface area contributed by atoms with E-state index in [1.807, 2.05) is 86.7 Å². The lowest BCUT2D eigenvalue weighted by atomic mass is 9.89. The fourth-order valence-corrected chi connectivity index (χ4v) is 6.94. The van der Waals surface area contributed by atoms with Crippen LogP contribution in [0.25, 0.3) is 16.8 Å². The minimum atomic E-state index is -0.696. The van der Waals surface area contributed by atoms with Gasteiger partial charge in [0.2, 0.25) is 0 Å². The van der Waals surface area contributed by atoms with Crippen molar-refractivity contribution in [2.75, 3.05) is 13.7 Å². The largest absolute Gasteiger partial charge is 0.496 e. The van der Waals surface area contributed by atoms with Crippen LogP contribution in [0.5, 0.6) is 17.2 Å². The molecule has 0 amide bonds. The van der Waals surface area contributed by atoms with Crippen LogP contribution in [0.3, 0.4) is 0 Å². The summed E-state index contributed by atoms with van der Waals surface area (Å²) in [6.45, 7) is 8.19. The molecule has 0 bridgehead atoms. The van der Waals surface area contributed by atoms with E-state index in [-0.39, 0.29) is 11.3 Å². The predicted octanol–water partition coefficient (Wildman–Crippen LogP) is 6.27. The molecule has 0 saturated heterocycles. The minimum absolute atomic E-state index is 0.145. The summed E-state index contributed by atoms with van der Waals surface area (Å²) in [5, 5.41) is 1.90. The summed E-state index contributed by atoms with van der Waals surface area (Å²) >= 11 is 1.29. The molecule has 0 saturated carbocycles. The van der Waals surface area contributed by atoms with Gasteiger partial charge in [0.25, 0.3) is 5.56 Å². The van der Waals surface area contributed by atoms with Crippen molar-refractivity contribution in [2.45, 2.75) is 40.3 Å². The van der Waals surface area contributed by atoms with Crippen LogP contribution >= 0.6 is 11.3 Å². The number of fused-ring (bicyclic) bond motifs is 2. The molecule has 2 heterocycles. The van der Waals surface area contributed by atoms with E-state index in [1.165, 1.54) is 23.8 Å². The van der Waals surface area contributed by atoms with Gasteiger partial charge in [-0.2, -0.15) is 0 Å². The van der Waals surface area contributed by atoms with Crippen LogP contribution in [0.15, 0.2) is 99.9 Å². The second kappa shape index (κ2) is 12.6. The molecular weight excluding hydrogens is 584 g/mol. The van der Waals surface area contributed by atoms with Gasteiger partial charge in [0.15, 0.2) is 22.1 Å². The van der Waals surface area contributed by atoms with Crippen LogP contribution in [-0.2, 0) is 11.4 Å². The summed E-state index contributed by atoms with van der Waals surface area (Å²) in [5.74, 6) is 1.68. The van der Waals surface area contributed by atoms with Crippen LogP contribution in [0.2, 0.25) is 0 Å². The second-order valence-corrected chi connectivity index (χ2v) is 12.0. The van der Waals surface area contributed by atoms with Crippen molar-refractivity contribution >= 4 is 34.0 Å². The van der Waals surface area contributed by atoms with Crippen molar-refractivity contribution in [3.05, 3.63) is 132 Å². The van der Waals surface area contributed by atoms with Gasteiger partial charge in [-0.3, -0.25) is 14.2 Å². The Hall–Kier alpha value is -4.95. The molecule has 0 N–H and O–H groups in total. The van der Waals surface area contributed by atoms with Crippen molar-refractivity contribution in [3.63, 3.8) is 0 Å². The molecule has 1 atom stereocenters. The quantitative estimate of drug-likeness (QED) is 0.195. The third-order valence-corrected chi connectivity index (χ3v) is 8.85. The monoisotopic (exact) mass is 618 g/mol. The van der Waals surface area contributed by atoms with Gasteiger partial charge in [0.05, 0.1) is 24.3 Å². The number of allylic oxidation sites excluding steroid dienone is 2. The molecule has 1 aliphatic rings. The van der Waals surface area contributed by atoms with E-state index < -0.39 is 6.04 Å². The first kappa shape index (κ1) is 30.1. The van der Waals surface area contributed by atoms with E-state index in [4.69, 9.17) is 19.2 Å². The molecule has 0 radical (unpaired) electrons. The first-order chi connectivity index (χ1) is 21.8. The van der Waals surface area contributed by atoms with Gasteiger partial charge in [-0.15, -0.1) is 0 Å². The highest BCUT2D eigenvalue weighted by molar-refractivity contribution is 7.07. The Balaban J connectivity index is 1.47. The number of hydrogen-bond acceptors (Lipinski definition) is 7. The molecule has 0 spiro atoms. The first-order valence-electron chi connectivity index (χ1n) is 14.8. The number of thiazole rings is 1. The Morgan fingerprint density at radius 3 is 2.51 bits per heavy atom. The van der Waals surface area contributed by atoms with Crippen molar-refractivity contribution in [3.8, 4) is 17.2 Å². The first-order valence-corrected chi connectivity index (χ1v) is 15.6. The predicted molar refractivity (Wildman–Crippen MR) is 178 cm³/mol. The number of Topliss-reactive ketones (excluding diaryl/α,β-unsaturated/α-hetero) is 1. The summed E-state index contributed by atoms with van der Waals surface area (Å²) in [4.78, 5) is 32.6. The van der Waals surface area contributed by atoms with E-state index >= 15 is 0 Å². The highest BCUT2D eigenvalue weighted by atomic mass is 32.1. The van der Waals surface area contributed by atoms with Gasteiger partial charge in [0, 0.05) is 16.8 Å². The molecular formula is C37H34N2O5S. The molecule has 4 aromatic carbocycles. The molecule has 7 nitrogen and oxygen atoms in total. The van der Waals surface area contributed by atoms with E-state index in [2.05, 4.69) is 19.1 Å². The van der Waals surface area contributed by atoms with Gasteiger partial charge in [-0.05, 0) is 73.9 Å². The number of ketones is 1. The lowest BCUT2D eigenvalue weighted by molar-refractivity contribution is -0.114. The average Bonchev–Trinajstić information content (AvgIpc) is 3.33. The molecule has 0 aliphatic carbocycles. The van der Waals surface area contributed by atoms with Gasteiger partial charge < -0.3 is 14.2 Å². The topological polar surface area (TPSA) is 79.1 Å². The lowest BCUT2D eigenvalue weighted by Crippen LogP contribution is -2.39. The number of methoxy groups -OCH3 is 1. The van der Waals surface area contributed by atoms with Crippen LogP contribution in [-0.4, -0.2) is 24.1 Å². The number of ether oxygens (including phenoxy) is 3. The van der Waals surface area contributed by atoms with Crippen molar-refractivity contribution in [1.82, 2.24) is 4.57 Å². The zero-order valence-corrected chi connectivity index (χ0v) is 26.7. The number of carbonyl (C=O) groups excluding carboxylic acids is 1. The third kappa shape index (κ3) is 5.81. The fraction of sp³-hybridized carbons (Fsp3) is 0.216. The number of hydrogen-bond donors (Lipinski definition) is 0. The van der Waals surface area contributed by atoms with E-state index in [1.54, 1.807) is 11.7 Å². The highest BCUT2D eigenvalue weighted by Gasteiger charge is 2.33. The molecule has 8 heteroatoms. The number of carbonyl (C=O) groups is 1. The van der Waals surface area contributed by atoms with Crippen molar-refractivity contribution < 1.29 is 19.0 Å². The molecule has 5 aromatic rings. The normalized spacial score (nSPS) is 14.7. The van der Waals surface area contributed by atoms with Crippen molar-refractivity contribution in [2.24, 2.45) is 4.99 Å². The standard InChI is InChI=1S/C37H34N2O5S/c1-6-43-31-19-25(14-16-29(31)44-21-26-11-9-10-22(2)18-26)20-32-36(41)39-35(33(24(4)40)23(3)38-37(39)45-32)34-28-13-8-7-12-27(28)15-17-30(34)42-5/h7-20,35H,6,21H2,1-5H3/t35-/m1/s1. The maximum atomic E-state index is 14.2. The Kier molecular flexibility index (Phi) is 8.41. The van der Waals surface area contributed by atoms with E-state index in [0.717, 1.165) is 27.5 Å². The number of aryl methyl sites for hydroxylation is 1. The van der Waals surface area contributed by atoms with E-state index in [0.29, 0.717) is 51.1 Å². The number of aromatic nitrogens is 1. The lowest BCUT2D eigenvalue weighted by Gasteiger charge is -2.27. The summed E-state index contributed by atoms with van der Waals surface area (Å²) in [6.07, 6.45) is 1.83. The highest BCUT2D eigenvalue weighted by Crippen LogP contribution is 2.40. The molecule has 45 heavy (non-hydrogen) atoms. The SMILES string of the molecule is CCOc1cc(C=c2sc3n(c2=O)[C@@H](c2c(OC)ccc4ccccc24)C(C(C)=O)=C(C)N=3)ccc1OCc1cccc(C)c1. The summed E-state index contributed by atoms with van der Waals surface area (Å²) in [7, 11) is 1.60. The van der Waals surface area contributed by atoms with Crippen LogP contribution < -0.4 is 29.1 Å². The third-order valence-electron chi connectivity index (χ3n) is 7.87. The van der Waals surface area contributed by atoms with E-state index in [9.17, 15) is 9.59 Å². The maximum Gasteiger partial charge on any atom is 0.271 e. The molecule has 6 rings (SSSR count). The smallest absolute Gasteiger partial charge is 0.271 e. The van der Waals surface area contributed by atoms with Gasteiger partial charge in [0.1, 0.15) is 12.4 Å². The Bertz CT molecular complexity index is 2160. The zero-order chi connectivity index (χ0) is 31.7. The molecule has 0 fully saturated rings. The average molecular weight is 619 g/mol. The van der Waals surface area contributed by atoms with Gasteiger partial charge in [-0.25, -0.2) is 4.99 Å². The minimum Gasteiger partial charge on any atom is -0.496 e. The van der Waals surface area contributed by atoms with Crippen LogP contribution in [0.4, 0.5) is 0 Å². The summed E-state index contributed by atoms with van der Waals surface area (Å²) in [5.41, 5.74) is 4.61.